The van der Waals surface area contributed by atoms with Crippen LogP contribution >= 0.6 is 0 Å². The fourth-order valence-electron chi connectivity index (χ4n) is 4.66. The molecule has 0 aromatic heterocycles. The molecule has 5 nitrogen and oxygen atoms in total. The van der Waals surface area contributed by atoms with Crippen molar-refractivity contribution in [3.8, 4) is 0 Å². The minimum absolute atomic E-state index is 0.114. The maximum atomic E-state index is 13.4. The van der Waals surface area contributed by atoms with Gasteiger partial charge in [0.25, 0.3) is 0 Å². The number of benzene rings is 3. The van der Waals surface area contributed by atoms with Crippen LogP contribution in [0.25, 0.3) is 0 Å². The molecule has 1 heterocycles. The third-order valence-electron chi connectivity index (χ3n) is 6.17. The van der Waals surface area contributed by atoms with Crippen molar-refractivity contribution in [3.63, 3.8) is 0 Å². The van der Waals surface area contributed by atoms with Crippen molar-refractivity contribution in [2.75, 3.05) is 11.5 Å². The normalized spacial score (nSPS) is 16.2. The molecule has 1 unspecified atom stereocenters. The highest BCUT2D eigenvalue weighted by Gasteiger charge is 2.37. The highest BCUT2D eigenvalue weighted by atomic mass is 32.2. The summed E-state index contributed by atoms with van der Waals surface area (Å²) in [6, 6.07) is 17.5. The first-order valence-corrected chi connectivity index (χ1v) is 12.3. The van der Waals surface area contributed by atoms with Gasteiger partial charge in [0.1, 0.15) is 5.75 Å². The van der Waals surface area contributed by atoms with Crippen LogP contribution in [0, 0.1) is 20.8 Å². The van der Waals surface area contributed by atoms with Crippen LogP contribution in [0.4, 0.5) is 5.69 Å². The Morgan fingerprint density at radius 2 is 1.62 bits per heavy atom. The van der Waals surface area contributed by atoms with E-state index >= 15 is 0 Å². The molecule has 1 aliphatic rings. The third kappa shape index (κ3) is 4.33. The van der Waals surface area contributed by atoms with E-state index in [1.165, 1.54) is 46.5 Å². The van der Waals surface area contributed by atoms with E-state index in [9.17, 15) is 13.2 Å². The number of carbonyl (C=O) groups excluding carboxylic acids is 1. The molecule has 3 aromatic rings. The number of ketones is 1. The molecule has 0 amide bonds. The number of aryl methyl sites for hydroxylation is 3. The minimum atomic E-state index is -3.77. The van der Waals surface area contributed by atoms with E-state index in [2.05, 4.69) is 37.8 Å². The number of sulfone groups is 1. The Bertz CT molecular complexity index is 1260. The molecule has 3 aromatic carbocycles. The number of hydrogen-bond donors (Lipinski definition) is 1. The van der Waals surface area contributed by atoms with E-state index in [1.807, 2.05) is 24.3 Å². The lowest BCUT2D eigenvalue weighted by molar-refractivity contribution is -0.121. The maximum Gasteiger partial charge on any atom is 0.185 e. The van der Waals surface area contributed by atoms with Gasteiger partial charge in [-0.25, -0.2) is 8.42 Å². The Kier molecular flexibility index (Phi) is 5.93. The first kappa shape index (κ1) is 22.2. The van der Waals surface area contributed by atoms with Crippen LogP contribution in [0.5, 0.6) is 0 Å². The zero-order chi connectivity index (χ0) is 23.0. The van der Waals surface area contributed by atoms with Crippen LogP contribution in [-0.2, 0) is 27.7 Å². The molecule has 0 radical (unpaired) electrons. The lowest BCUT2D eigenvalue weighted by atomic mass is 9.98. The van der Waals surface area contributed by atoms with Crippen LogP contribution in [0.1, 0.15) is 39.4 Å². The van der Waals surface area contributed by atoms with E-state index in [0.717, 1.165) is 11.1 Å². The van der Waals surface area contributed by atoms with Gasteiger partial charge in [-0.05, 0) is 72.9 Å². The second kappa shape index (κ2) is 8.52. The summed E-state index contributed by atoms with van der Waals surface area (Å²) in [5, 5.41) is 0. The van der Waals surface area contributed by atoms with Gasteiger partial charge in [-0.3, -0.25) is 9.69 Å². The highest BCUT2D eigenvalue weighted by molar-refractivity contribution is 7.92. The lowest BCUT2D eigenvalue weighted by Crippen LogP contribution is -2.32. The first-order chi connectivity index (χ1) is 15.2. The van der Waals surface area contributed by atoms with E-state index in [-0.39, 0.29) is 10.7 Å². The van der Waals surface area contributed by atoms with Crippen molar-refractivity contribution < 1.29 is 13.2 Å². The Labute approximate surface area is 189 Å². The highest BCUT2D eigenvalue weighted by Crippen LogP contribution is 2.37. The van der Waals surface area contributed by atoms with Crippen LogP contribution in [-0.4, -0.2) is 24.9 Å². The summed E-state index contributed by atoms with van der Waals surface area (Å²) in [5.41, 5.74) is 12.9. The van der Waals surface area contributed by atoms with Gasteiger partial charge in [0.05, 0.1) is 10.9 Å². The monoisotopic (exact) mass is 448 g/mol. The Hall–Kier alpha value is -2.96. The third-order valence-corrected chi connectivity index (χ3v) is 7.82. The van der Waals surface area contributed by atoms with Crippen molar-refractivity contribution in [2.45, 2.75) is 44.8 Å². The van der Waals surface area contributed by atoms with Gasteiger partial charge < -0.3 is 5.73 Å². The molecule has 0 saturated carbocycles. The van der Waals surface area contributed by atoms with Gasteiger partial charge in [0.2, 0.25) is 0 Å². The number of nitrogens with two attached hydrogens (primary N) is 1. The zero-order valence-electron chi connectivity index (χ0n) is 18.6. The molecule has 0 spiro atoms. The fraction of sp³-hybridized carbons (Fsp3) is 0.269. The Morgan fingerprint density at radius 3 is 2.28 bits per heavy atom. The molecule has 1 aliphatic heterocycles. The van der Waals surface area contributed by atoms with Gasteiger partial charge in [-0.15, -0.1) is 0 Å². The number of anilines is 1. The van der Waals surface area contributed by atoms with E-state index in [4.69, 9.17) is 5.73 Å². The van der Waals surface area contributed by atoms with E-state index in [1.54, 1.807) is 0 Å². The second-order valence-electron chi connectivity index (χ2n) is 8.68. The number of Topliss-reactive ketones (excluding diaryl/α,β-unsaturated/α-hetero) is 1. The van der Waals surface area contributed by atoms with Crippen molar-refractivity contribution in [3.05, 3.63) is 94.0 Å². The molecule has 0 saturated heterocycles. The molecule has 0 bridgehead atoms. The van der Waals surface area contributed by atoms with E-state index in [0.29, 0.717) is 18.8 Å². The Balaban J connectivity index is 1.66. The molecule has 32 heavy (non-hydrogen) atoms. The summed E-state index contributed by atoms with van der Waals surface area (Å²) in [6.45, 7) is 7.44. The van der Waals surface area contributed by atoms with Crippen molar-refractivity contribution in [2.24, 2.45) is 0 Å². The number of rotatable bonds is 6. The zero-order valence-corrected chi connectivity index (χ0v) is 19.4. The largest absolute Gasteiger partial charge is 0.399 e. The smallest absolute Gasteiger partial charge is 0.185 e. The number of hydrogen-bond acceptors (Lipinski definition) is 5. The number of fused-ring (bicyclic) bond motifs is 1. The molecule has 166 valence electrons. The van der Waals surface area contributed by atoms with Crippen LogP contribution in [0.15, 0.2) is 65.6 Å². The van der Waals surface area contributed by atoms with Gasteiger partial charge in [-0.2, -0.15) is 0 Å². The summed E-state index contributed by atoms with van der Waals surface area (Å²) in [5.74, 6) is -0.854. The van der Waals surface area contributed by atoms with Gasteiger partial charge >= 0.3 is 0 Å². The lowest BCUT2D eigenvalue weighted by Gasteiger charge is -2.26. The number of nitrogens with zero attached hydrogens (tertiary/aromatic N) is 1. The molecule has 4 rings (SSSR count). The summed E-state index contributed by atoms with van der Waals surface area (Å²) >= 11 is 0. The fourth-order valence-corrected chi connectivity index (χ4v) is 5.91. The molecular formula is C26H28N2O3S. The maximum absolute atomic E-state index is 13.4. The van der Waals surface area contributed by atoms with Crippen molar-refractivity contribution in [1.29, 1.82) is 0 Å². The van der Waals surface area contributed by atoms with Crippen LogP contribution in [0.2, 0.25) is 0 Å². The van der Waals surface area contributed by atoms with Gasteiger partial charge in [-0.1, -0.05) is 42.0 Å². The van der Waals surface area contributed by atoms with Crippen molar-refractivity contribution in [1.82, 2.24) is 4.90 Å². The van der Waals surface area contributed by atoms with E-state index < -0.39 is 21.6 Å². The van der Waals surface area contributed by atoms with Crippen LogP contribution < -0.4 is 5.73 Å². The Morgan fingerprint density at radius 1 is 1.00 bits per heavy atom. The topological polar surface area (TPSA) is 80.5 Å². The molecular weight excluding hydrogens is 420 g/mol. The summed E-state index contributed by atoms with van der Waals surface area (Å²) in [6.07, 6.45) is 0. The minimum Gasteiger partial charge on any atom is -0.399 e. The number of carbonyl (C=O) groups is 1. The predicted molar refractivity (Wildman–Crippen MR) is 127 cm³/mol. The first-order valence-electron chi connectivity index (χ1n) is 10.7. The summed E-state index contributed by atoms with van der Waals surface area (Å²) in [7, 11) is -3.77. The molecule has 6 heteroatoms. The standard InChI is InChI=1S/C26H28N2O3S/c1-17-12-18(2)24(19(3)13-17)15-28-14-20-6-4-5-7-23(20)26(28)25(29)16-32(30,31)22-10-8-21(27)9-11-22/h4-13,26H,14-16,27H2,1-3H3. The molecule has 1 atom stereocenters. The SMILES string of the molecule is Cc1cc(C)c(CN2Cc3ccccc3C2C(=O)CS(=O)(=O)c2ccc(N)cc2)c(C)c1. The second-order valence-corrected chi connectivity index (χ2v) is 10.7. The number of nitrogen functional groups attached to an aromatic ring is 1. The van der Waals surface area contributed by atoms with Crippen LogP contribution in [0.3, 0.4) is 0 Å². The summed E-state index contributed by atoms with van der Waals surface area (Å²) < 4.78 is 25.9. The quantitative estimate of drug-likeness (QED) is 0.569. The average molecular weight is 449 g/mol. The van der Waals surface area contributed by atoms with Crippen molar-refractivity contribution >= 4 is 21.3 Å². The molecule has 0 aliphatic carbocycles. The molecule has 0 fully saturated rings. The summed E-state index contributed by atoms with van der Waals surface area (Å²) in [4.78, 5) is 15.7. The predicted octanol–water partition coefficient (Wildman–Crippen LogP) is 4.29. The van der Waals surface area contributed by atoms with Gasteiger partial charge in [0.15, 0.2) is 15.6 Å². The molecule has 2 N–H and O–H groups in total. The van der Waals surface area contributed by atoms with Gasteiger partial charge in [0, 0.05) is 18.8 Å². The average Bonchev–Trinajstić information content (AvgIpc) is 3.09.